The topological polar surface area (TPSA) is 78.9 Å². The summed E-state index contributed by atoms with van der Waals surface area (Å²) in [7, 11) is 0. The van der Waals surface area contributed by atoms with Crippen LogP contribution in [-0.2, 0) is 28.6 Å². The van der Waals surface area contributed by atoms with E-state index in [1.165, 1.54) is 141 Å². The number of hydrogen-bond acceptors (Lipinski definition) is 6. The molecule has 0 saturated carbocycles. The van der Waals surface area contributed by atoms with Crippen molar-refractivity contribution in [2.24, 2.45) is 0 Å². The van der Waals surface area contributed by atoms with Gasteiger partial charge in [-0.1, -0.05) is 241 Å². The molecule has 67 heavy (non-hydrogen) atoms. The molecule has 0 N–H and O–H groups in total. The van der Waals surface area contributed by atoms with Gasteiger partial charge in [-0.15, -0.1) is 0 Å². The highest BCUT2D eigenvalue weighted by Gasteiger charge is 2.19. The van der Waals surface area contributed by atoms with E-state index in [-0.39, 0.29) is 31.1 Å². The maximum absolute atomic E-state index is 12.8. The molecule has 0 saturated heterocycles. The SMILES string of the molecule is CC/C=C\C/C=C\C/C=C\C/C=C\CCCCCCCCCCCCCCC(=O)OCC(COC(=O)CCCCCCC)OC(=O)CCCCCCCCCCC/C=C\C/C=C\CCCCC. The van der Waals surface area contributed by atoms with Crippen molar-refractivity contribution in [1.82, 2.24) is 0 Å². The summed E-state index contributed by atoms with van der Waals surface area (Å²) in [5, 5.41) is 0. The van der Waals surface area contributed by atoms with Gasteiger partial charge in [-0.25, -0.2) is 0 Å². The number of ether oxygens (including phenoxy) is 3. The normalized spacial score (nSPS) is 12.6. The third-order valence-corrected chi connectivity index (χ3v) is 12.2. The third kappa shape index (κ3) is 53.7. The van der Waals surface area contributed by atoms with Crippen LogP contribution in [0, 0.1) is 0 Å². The Kier molecular flexibility index (Phi) is 52.8. The Morgan fingerprint density at radius 1 is 0.313 bits per heavy atom. The van der Waals surface area contributed by atoms with Gasteiger partial charge in [0, 0.05) is 19.3 Å². The Balaban J connectivity index is 4.08. The number of esters is 3. The van der Waals surface area contributed by atoms with Crippen molar-refractivity contribution in [1.29, 1.82) is 0 Å². The monoisotopic (exact) mass is 935 g/mol. The van der Waals surface area contributed by atoms with E-state index in [0.717, 1.165) is 96.3 Å². The summed E-state index contributed by atoms with van der Waals surface area (Å²) in [6.07, 6.45) is 70.8. The molecule has 1 unspecified atom stereocenters. The van der Waals surface area contributed by atoms with E-state index in [1.54, 1.807) is 0 Å². The molecule has 6 heteroatoms. The Bertz CT molecular complexity index is 1260. The molecule has 0 bridgehead atoms. The lowest BCUT2D eigenvalue weighted by Gasteiger charge is -2.18. The zero-order valence-corrected chi connectivity index (χ0v) is 44.2. The fraction of sp³-hybridized carbons (Fsp3) is 0.754. The largest absolute Gasteiger partial charge is 0.462 e. The lowest BCUT2D eigenvalue weighted by atomic mass is 10.0. The number of carbonyl (C=O) groups is 3. The highest BCUT2D eigenvalue weighted by molar-refractivity contribution is 5.71. The number of rotatable bonds is 51. The predicted octanol–water partition coefficient (Wildman–Crippen LogP) is 19.0. The van der Waals surface area contributed by atoms with E-state index in [9.17, 15) is 14.4 Å². The zero-order chi connectivity index (χ0) is 48.6. The fourth-order valence-corrected chi connectivity index (χ4v) is 7.93. The van der Waals surface area contributed by atoms with Crippen molar-refractivity contribution in [3.05, 3.63) is 72.9 Å². The van der Waals surface area contributed by atoms with Gasteiger partial charge >= 0.3 is 17.9 Å². The van der Waals surface area contributed by atoms with E-state index in [2.05, 4.69) is 93.7 Å². The standard InChI is InChI=1S/C61H106O6/c1-4-7-10-13-15-17-19-21-23-25-27-28-29-30-31-32-34-35-37-39-41-43-45-48-51-54-60(63)66-57-58(56-65-59(62)53-50-47-12-9-6-3)67-61(64)55-52-49-46-44-42-40-38-36-33-26-24-22-20-18-16-14-11-8-5-2/h7,10,15-18,21-24,27-28,58H,4-6,8-9,11-14,19-20,25-26,29-57H2,1-3H3/b10-7-,17-15-,18-16-,23-21-,24-22-,28-27-. The maximum Gasteiger partial charge on any atom is 0.306 e. The van der Waals surface area contributed by atoms with Crippen LogP contribution in [0.15, 0.2) is 72.9 Å². The Labute approximate surface area is 414 Å². The molecule has 0 rings (SSSR count). The van der Waals surface area contributed by atoms with Crippen molar-refractivity contribution in [2.45, 2.75) is 284 Å². The van der Waals surface area contributed by atoms with Crippen molar-refractivity contribution in [2.75, 3.05) is 13.2 Å². The molecule has 0 spiro atoms. The lowest BCUT2D eigenvalue weighted by Crippen LogP contribution is -2.30. The van der Waals surface area contributed by atoms with Crippen LogP contribution in [0.25, 0.3) is 0 Å². The summed E-state index contributed by atoms with van der Waals surface area (Å²) in [6, 6.07) is 0. The quantitative estimate of drug-likeness (QED) is 0.0262. The van der Waals surface area contributed by atoms with Gasteiger partial charge in [-0.2, -0.15) is 0 Å². The molecule has 0 heterocycles. The van der Waals surface area contributed by atoms with E-state index >= 15 is 0 Å². The molecule has 6 nitrogen and oxygen atoms in total. The smallest absolute Gasteiger partial charge is 0.306 e. The summed E-state index contributed by atoms with van der Waals surface area (Å²) in [5.41, 5.74) is 0. The second-order valence-electron chi connectivity index (χ2n) is 18.8. The maximum atomic E-state index is 12.8. The Morgan fingerprint density at radius 2 is 0.582 bits per heavy atom. The molecule has 386 valence electrons. The average molecular weight is 936 g/mol. The second kappa shape index (κ2) is 55.4. The minimum atomic E-state index is -0.774. The Morgan fingerprint density at radius 3 is 0.940 bits per heavy atom. The third-order valence-electron chi connectivity index (χ3n) is 12.2. The van der Waals surface area contributed by atoms with Crippen LogP contribution in [-0.4, -0.2) is 37.2 Å². The van der Waals surface area contributed by atoms with Crippen LogP contribution < -0.4 is 0 Å². The molecule has 0 aliphatic rings. The van der Waals surface area contributed by atoms with Gasteiger partial charge in [0.15, 0.2) is 6.10 Å². The van der Waals surface area contributed by atoms with Crippen molar-refractivity contribution in [3.8, 4) is 0 Å². The first-order chi connectivity index (χ1) is 33.0. The highest BCUT2D eigenvalue weighted by atomic mass is 16.6. The average Bonchev–Trinajstić information content (AvgIpc) is 3.33. The van der Waals surface area contributed by atoms with Gasteiger partial charge in [0.05, 0.1) is 0 Å². The predicted molar refractivity (Wildman–Crippen MR) is 288 cm³/mol. The minimum absolute atomic E-state index is 0.0769. The summed E-state index contributed by atoms with van der Waals surface area (Å²) in [5.74, 6) is -0.890. The first-order valence-corrected chi connectivity index (χ1v) is 28.4. The van der Waals surface area contributed by atoms with Crippen molar-refractivity contribution in [3.63, 3.8) is 0 Å². The number of hydrogen-bond donors (Lipinski definition) is 0. The van der Waals surface area contributed by atoms with Crippen LogP contribution in [0.4, 0.5) is 0 Å². The van der Waals surface area contributed by atoms with Gasteiger partial charge in [0.2, 0.25) is 0 Å². The summed E-state index contributed by atoms with van der Waals surface area (Å²) >= 11 is 0. The van der Waals surface area contributed by atoms with Crippen LogP contribution in [0.3, 0.4) is 0 Å². The highest BCUT2D eigenvalue weighted by Crippen LogP contribution is 2.16. The van der Waals surface area contributed by atoms with Gasteiger partial charge in [-0.3, -0.25) is 14.4 Å². The van der Waals surface area contributed by atoms with E-state index < -0.39 is 6.10 Å². The number of carbonyl (C=O) groups excluding carboxylic acids is 3. The molecule has 0 amide bonds. The van der Waals surface area contributed by atoms with Crippen LogP contribution in [0.1, 0.15) is 278 Å². The lowest BCUT2D eigenvalue weighted by molar-refractivity contribution is -0.167. The zero-order valence-electron chi connectivity index (χ0n) is 44.2. The molecular weight excluding hydrogens is 829 g/mol. The van der Waals surface area contributed by atoms with Gasteiger partial charge in [-0.05, 0) is 89.9 Å². The summed E-state index contributed by atoms with van der Waals surface area (Å²) in [4.78, 5) is 37.8. The van der Waals surface area contributed by atoms with E-state index in [0.29, 0.717) is 19.3 Å². The molecule has 0 radical (unpaired) electrons. The van der Waals surface area contributed by atoms with Gasteiger partial charge in [0.25, 0.3) is 0 Å². The van der Waals surface area contributed by atoms with Crippen LogP contribution in [0.2, 0.25) is 0 Å². The molecule has 1 atom stereocenters. The number of allylic oxidation sites excluding steroid dienone is 12. The molecule has 0 aliphatic heterocycles. The number of unbranched alkanes of at least 4 members (excludes halogenated alkanes) is 28. The Hall–Kier alpha value is -3.15. The van der Waals surface area contributed by atoms with Crippen molar-refractivity contribution < 1.29 is 28.6 Å². The minimum Gasteiger partial charge on any atom is -0.462 e. The van der Waals surface area contributed by atoms with Crippen LogP contribution >= 0.6 is 0 Å². The summed E-state index contributed by atoms with van der Waals surface area (Å²) in [6.45, 7) is 6.43. The van der Waals surface area contributed by atoms with Gasteiger partial charge in [0.1, 0.15) is 13.2 Å². The first kappa shape index (κ1) is 63.8. The second-order valence-corrected chi connectivity index (χ2v) is 18.8. The molecule has 0 aromatic rings. The van der Waals surface area contributed by atoms with Crippen LogP contribution in [0.5, 0.6) is 0 Å². The molecule has 0 aromatic heterocycles. The molecule has 0 fully saturated rings. The van der Waals surface area contributed by atoms with Gasteiger partial charge < -0.3 is 14.2 Å². The molecular formula is C61H106O6. The van der Waals surface area contributed by atoms with Crippen molar-refractivity contribution >= 4 is 17.9 Å². The van der Waals surface area contributed by atoms with E-state index in [1.807, 2.05) is 0 Å². The summed E-state index contributed by atoms with van der Waals surface area (Å²) < 4.78 is 16.7. The molecule has 0 aliphatic carbocycles. The fourth-order valence-electron chi connectivity index (χ4n) is 7.93. The first-order valence-electron chi connectivity index (χ1n) is 28.4. The van der Waals surface area contributed by atoms with E-state index in [4.69, 9.17) is 14.2 Å². The molecule has 0 aromatic carbocycles.